The van der Waals surface area contributed by atoms with Crippen LogP contribution in [0.3, 0.4) is 0 Å². The van der Waals surface area contributed by atoms with Crippen LogP contribution in [0, 0.1) is 6.92 Å². The Labute approximate surface area is 183 Å². The Kier molecular flexibility index (Phi) is 7.31. The van der Waals surface area contributed by atoms with Crippen LogP contribution in [0.15, 0.2) is 57.7 Å². The molecule has 0 spiro atoms. The van der Waals surface area contributed by atoms with E-state index in [1.54, 1.807) is 13.0 Å². The molecular formula is C23H22ClNO6. The minimum absolute atomic E-state index is 0.0356. The Hall–Kier alpha value is -3.32. The summed E-state index contributed by atoms with van der Waals surface area (Å²) in [5.74, 6) is -0.664. The summed E-state index contributed by atoms with van der Waals surface area (Å²) in [6.45, 7) is 3.71. The highest BCUT2D eigenvalue weighted by Crippen LogP contribution is 2.31. The third kappa shape index (κ3) is 5.86. The first kappa shape index (κ1) is 22.4. The van der Waals surface area contributed by atoms with Crippen LogP contribution in [0.4, 0.5) is 4.79 Å². The molecule has 31 heavy (non-hydrogen) atoms. The van der Waals surface area contributed by atoms with Crippen LogP contribution in [0.25, 0.3) is 11.0 Å². The number of aryl methyl sites for hydroxylation is 1. The fourth-order valence-corrected chi connectivity index (χ4v) is 3.22. The molecule has 2 aromatic carbocycles. The van der Waals surface area contributed by atoms with Crippen molar-refractivity contribution in [3.8, 4) is 5.75 Å². The second-order valence-electron chi connectivity index (χ2n) is 7.00. The summed E-state index contributed by atoms with van der Waals surface area (Å²) in [7, 11) is 0. The van der Waals surface area contributed by atoms with Gasteiger partial charge in [-0.2, -0.15) is 0 Å². The number of hydrogen-bond donors (Lipinski definition) is 1. The van der Waals surface area contributed by atoms with E-state index in [0.29, 0.717) is 23.8 Å². The fourth-order valence-electron chi connectivity index (χ4n) is 3.02. The van der Waals surface area contributed by atoms with Crippen molar-refractivity contribution in [2.24, 2.45) is 0 Å². The zero-order valence-electron chi connectivity index (χ0n) is 17.1. The van der Waals surface area contributed by atoms with Gasteiger partial charge in [-0.15, -0.1) is 0 Å². The first-order chi connectivity index (χ1) is 14.9. The van der Waals surface area contributed by atoms with Gasteiger partial charge in [-0.1, -0.05) is 55.3 Å². The predicted octanol–water partition coefficient (Wildman–Crippen LogP) is 4.76. The van der Waals surface area contributed by atoms with E-state index >= 15 is 0 Å². The number of halogens is 1. The summed E-state index contributed by atoms with van der Waals surface area (Å²) in [6, 6.07) is 12.6. The van der Waals surface area contributed by atoms with Gasteiger partial charge < -0.3 is 19.2 Å². The van der Waals surface area contributed by atoms with Gasteiger partial charge in [0, 0.05) is 17.5 Å². The molecule has 1 amide bonds. The second kappa shape index (κ2) is 10.1. The maximum atomic E-state index is 12.7. The first-order valence-corrected chi connectivity index (χ1v) is 10.2. The van der Waals surface area contributed by atoms with Crippen LogP contribution in [-0.2, 0) is 16.1 Å². The van der Waals surface area contributed by atoms with E-state index in [9.17, 15) is 14.4 Å². The molecule has 0 aliphatic rings. The van der Waals surface area contributed by atoms with Crippen LogP contribution >= 0.6 is 11.6 Å². The number of rotatable bonds is 7. The lowest BCUT2D eigenvalue weighted by atomic mass is 10.1. The van der Waals surface area contributed by atoms with Crippen molar-refractivity contribution in [2.45, 2.75) is 39.3 Å². The van der Waals surface area contributed by atoms with Crippen molar-refractivity contribution in [1.82, 2.24) is 5.32 Å². The minimum atomic E-state index is -0.926. The van der Waals surface area contributed by atoms with Crippen LogP contribution in [0.1, 0.15) is 30.9 Å². The molecule has 0 bridgehead atoms. The maximum Gasteiger partial charge on any atom is 0.408 e. The molecule has 7 nitrogen and oxygen atoms in total. The highest BCUT2D eigenvalue weighted by atomic mass is 35.5. The first-order valence-electron chi connectivity index (χ1n) is 9.80. The second-order valence-corrected chi connectivity index (χ2v) is 7.40. The molecule has 1 N–H and O–H groups in total. The Bertz CT molecular complexity index is 1140. The zero-order chi connectivity index (χ0) is 22.4. The van der Waals surface area contributed by atoms with Crippen molar-refractivity contribution < 1.29 is 23.5 Å². The largest absolute Gasteiger partial charge is 0.445 e. The van der Waals surface area contributed by atoms with E-state index in [-0.39, 0.29) is 23.0 Å². The SMILES string of the molecule is CCC[C@@H](NC(=O)OCc1ccccc1)C(=O)Oc1cc2oc(=O)cc(C)c2cc1Cl. The van der Waals surface area contributed by atoms with Crippen LogP contribution < -0.4 is 15.7 Å². The quantitative estimate of drug-likeness (QED) is 0.321. The molecule has 1 atom stereocenters. The van der Waals surface area contributed by atoms with Crippen molar-refractivity contribution in [1.29, 1.82) is 0 Å². The standard InChI is InChI=1S/C23H22ClNO6/c1-3-7-18(25-23(28)29-13-15-8-5-4-6-9-15)22(27)31-20-12-19-16(11-17(20)24)14(2)10-21(26)30-19/h4-6,8-12,18H,3,7,13H2,1-2H3,(H,25,28)/t18-/m1/s1. The van der Waals surface area contributed by atoms with Crippen molar-refractivity contribution in [2.75, 3.05) is 0 Å². The van der Waals surface area contributed by atoms with Crippen LogP contribution in [-0.4, -0.2) is 18.1 Å². The topological polar surface area (TPSA) is 94.8 Å². The summed E-state index contributed by atoms with van der Waals surface area (Å²) in [4.78, 5) is 36.5. The Morgan fingerprint density at radius 1 is 1.16 bits per heavy atom. The molecule has 0 fully saturated rings. The highest BCUT2D eigenvalue weighted by Gasteiger charge is 2.24. The Morgan fingerprint density at radius 2 is 1.90 bits per heavy atom. The number of ether oxygens (including phenoxy) is 2. The zero-order valence-corrected chi connectivity index (χ0v) is 17.9. The van der Waals surface area contributed by atoms with E-state index in [0.717, 1.165) is 5.56 Å². The van der Waals surface area contributed by atoms with Gasteiger partial charge in [0.1, 0.15) is 18.2 Å². The maximum absolute atomic E-state index is 12.7. The molecule has 162 valence electrons. The average Bonchev–Trinajstić information content (AvgIpc) is 2.74. The van der Waals surface area contributed by atoms with Crippen molar-refractivity contribution in [3.05, 3.63) is 75.1 Å². The Balaban J connectivity index is 1.70. The molecule has 8 heteroatoms. The van der Waals surface area contributed by atoms with Crippen molar-refractivity contribution >= 4 is 34.6 Å². The van der Waals surface area contributed by atoms with Gasteiger partial charge in [0.05, 0.1) is 5.02 Å². The molecule has 0 radical (unpaired) electrons. The van der Waals surface area contributed by atoms with E-state index in [1.807, 2.05) is 37.3 Å². The molecule has 0 unspecified atom stereocenters. The van der Waals surface area contributed by atoms with Gasteiger partial charge in [0.15, 0.2) is 5.75 Å². The molecule has 0 saturated heterocycles. The molecule has 0 aliphatic heterocycles. The Morgan fingerprint density at radius 3 is 2.61 bits per heavy atom. The molecule has 0 saturated carbocycles. The molecule has 3 aromatic rings. The number of carbonyl (C=O) groups is 2. The summed E-state index contributed by atoms with van der Waals surface area (Å²) < 4.78 is 15.8. The summed E-state index contributed by atoms with van der Waals surface area (Å²) in [5.41, 5.74) is 1.25. The highest BCUT2D eigenvalue weighted by molar-refractivity contribution is 6.33. The van der Waals surface area contributed by atoms with Gasteiger partial charge in [-0.3, -0.25) is 0 Å². The van der Waals surface area contributed by atoms with Gasteiger partial charge in [0.2, 0.25) is 0 Å². The normalized spacial score (nSPS) is 11.7. The number of benzene rings is 2. The number of carbonyl (C=O) groups excluding carboxylic acids is 2. The van der Waals surface area contributed by atoms with Gasteiger partial charge in [0.25, 0.3) is 0 Å². The third-order valence-electron chi connectivity index (χ3n) is 4.58. The minimum Gasteiger partial charge on any atom is -0.445 e. The van der Waals surface area contributed by atoms with Crippen LogP contribution in [0.5, 0.6) is 5.75 Å². The van der Waals surface area contributed by atoms with Gasteiger partial charge >= 0.3 is 17.7 Å². The van der Waals surface area contributed by atoms with E-state index in [4.69, 9.17) is 25.5 Å². The number of amides is 1. The number of fused-ring (bicyclic) bond motifs is 1. The number of esters is 1. The third-order valence-corrected chi connectivity index (χ3v) is 4.88. The lowest BCUT2D eigenvalue weighted by Crippen LogP contribution is -2.43. The molecule has 0 aliphatic carbocycles. The average molecular weight is 444 g/mol. The molecular weight excluding hydrogens is 422 g/mol. The number of alkyl carbamates (subject to hydrolysis) is 1. The smallest absolute Gasteiger partial charge is 0.408 e. The molecule has 1 aromatic heterocycles. The lowest BCUT2D eigenvalue weighted by molar-refractivity contribution is -0.136. The fraction of sp³-hybridized carbons (Fsp3) is 0.261. The van der Waals surface area contributed by atoms with E-state index in [1.165, 1.54) is 12.1 Å². The monoisotopic (exact) mass is 443 g/mol. The lowest BCUT2D eigenvalue weighted by Gasteiger charge is -2.17. The summed E-state index contributed by atoms with van der Waals surface area (Å²) in [5, 5.41) is 3.35. The van der Waals surface area contributed by atoms with Gasteiger partial charge in [-0.05, 0) is 30.5 Å². The number of hydrogen-bond acceptors (Lipinski definition) is 6. The van der Waals surface area contributed by atoms with Crippen molar-refractivity contribution in [3.63, 3.8) is 0 Å². The molecule has 1 heterocycles. The number of nitrogens with one attached hydrogen (secondary N) is 1. The summed E-state index contributed by atoms with van der Waals surface area (Å²) >= 11 is 6.26. The predicted molar refractivity (Wildman–Crippen MR) is 116 cm³/mol. The molecule has 3 rings (SSSR count). The van der Waals surface area contributed by atoms with E-state index < -0.39 is 23.7 Å². The summed E-state index contributed by atoms with van der Waals surface area (Å²) in [6.07, 6.45) is 0.238. The van der Waals surface area contributed by atoms with E-state index in [2.05, 4.69) is 5.32 Å². The van der Waals surface area contributed by atoms with Crippen LogP contribution in [0.2, 0.25) is 5.02 Å². The van der Waals surface area contributed by atoms with Gasteiger partial charge in [-0.25, -0.2) is 14.4 Å².